The summed E-state index contributed by atoms with van der Waals surface area (Å²) in [4.78, 5) is 0. The zero-order valence-electron chi connectivity index (χ0n) is 9.49. The number of hydrogen-bond acceptors (Lipinski definition) is 3. The molecule has 1 aromatic heterocycles. The molecule has 15 heavy (non-hydrogen) atoms. The Morgan fingerprint density at radius 2 is 2.53 bits per heavy atom. The number of aromatic nitrogens is 2. The normalized spacial score (nSPS) is 21.1. The van der Waals surface area contributed by atoms with E-state index in [4.69, 9.17) is 4.74 Å². The first-order valence-electron chi connectivity index (χ1n) is 5.53. The molecule has 0 bridgehead atoms. The Hall–Kier alpha value is -0.870. The van der Waals surface area contributed by atoms with Crippen LogP contribution >= 0.6 is 0 Å². The van der Waals surface area contributed by atoms with Gasteiger partial charge < -0.3 is 10.1 Å². The number of rotatable bonds is 4. The molecule has 2 rings (SSSR count). The van der Waals surface area contributed by atoms with Gasteiger partial charge in [-0.05, 0) is 25.3 Å². The summed E-state index contributed by atoms with van der Waals surface area (Å²) in [6.45, 7) is 5.81. The molecule has 1 saturated heterocycles. The predicted octanol–water partition coefficient (Wildman–Crippen LogP) is 0.855. The quantitative estimate of drug-likeness (QED) is 0.799. The highest BCUT2D eigenvalue weighted by molar-refractivity contribution is 5.08. The van der Waals surface area contributed by atoms with Crippen LogP contribution in [-0.2, 0) is 18.3 Å². The smallest absolute Gasteiger partial charge is 0.0597 e. The molecule has 0 amide bonds. The highest BCUT2D eigenvalue weighted by atomic mass is 16.5. The topological polar surface area (TPSA) is 39.1 Å². The Kier molecular flexibility index (Phi) is 3.38. The van der Waals surface area contributed by atoms with Crippen LogP contribution in [0.2, 0.25) is 0 Å². The average Bonchev–Trinajstić information content (AvgIpc) is 2.77. The van der Waals surface area contributed by atoms with E-state index in [1.165, 1.54) is 12.1 Å². The molecule has 1 aliphatic rings. The molecular weight excluding hydrogens is 190 g/mol. The second-order valence-corrected chi connectivity index (χ2v) is 4.26. The summed E-state index contributed by atoms with van der Waals surface area (Å²) in [5.74, 6) is 0.694. The van der Waals surface area contributed by atoms with Crippen molar-refractivity contribution in [3.05, 3.63) is 17.5 Å². The van der Waals surface area contributed by atoms with Gasteiger partial charge in [0.05, 0.1) is 18.0 Å². The summed E-state index contributed by atoms with van der Waals surface area (Å²) in [5, 5.41) is 7.77. The van der Waals surface area contributed by atoms with Gasteiger partial charge in [0.1, 0.15) is 0 Å². The van der Waals surface area contributed by atoms with Gasteiger partial charge in [-0.2, -0.15) is 5.10 Å². The maximum atomic E-state index is 5.33. The van der Waals surface area contributed by atoms with E-state index in [-0.39, 0.29) is 0 Å². The van der Waals surface area contributed by atoms with E-state index in [1.807, 2.05) is 18.7 Å². The zero-order valence-corrected chi connectivity index (χ0v) is 9.49. The third-order valence-electron chi connectivity index (χ3n) is 2.86. The summed E-state index contributed by atoms with van der Waals surface area (Å²) in [5.41, 5.74) is 2.32. The first kappa shape index (κ1) is 10.6. The van der Waals surface area contributed by atoms with E-state index in [0.717, 1.165) is 32.0 Å². The van der Waals surface area contributed by atoms with Crippen LogP contribution in [0.15, 0.2) is 6.07 Å². The Morgan fingerprint density at radius 3 is 3.13 bits per heavy atom. The molecule has 1 unspecified atom stereocenters. The predicted molar refractivity (Wildman–Crippen MR) is 58.6 cm³/mol. The summed E-state index contributed by atoms with van der Waals surface area (Å²) in [6, 6.07) is 2.12. The molecule has 0 aliphatic carbocycles. The highest BCUT2D eigenvalue weighted by Gasteiger charge is 2.14. The van der Waals surface area contributed by atoms with Crippen LogP contribution in [0.1, 0.15) is 17.8 Å². The Labute approximate surface area is 90.6 Å². The number of ether oxygens (including phenoxy) is 1. The molecule has 1 aromatic rings. The fourth-order valence-corrected chi connectivity index (χ4v) is 1.98. The van der Waals surface area contributed by atoms with Gasteiger partial charge in [0.15, 0.2) is 0 Å². The van der Waals surface area contributed by atoms with Crippen LogP contribution in [0.4, 0.5) is 0 Å². The molecule has 0 aromatic carbocycles. The highest BCUT2D eigenvalue weighted by Crippen LogP contribution is 2.11. The van der Waals surface area contributed by atoms with Gasteiger partial charge in [-0.3, -0.25) is 4.68 Å². The van der Waals surface area contributed by atoms with Crippen molar-refractivity contribution < 1.29 is 4.74 Å². The molecule has 1 aliphatic heterocycles. The SMILES string of the molecule is Cc1cc(CNCC2CCOC2)n(C)n1. The van der Waals surface area contributed by atoms with Gasteiger partial charge in [-0.15, -0.1) is 0 Å². The van der Waals surface area contributed by atoms with E-state index in [9.17, 15) is 0 Å². The van der Waals surface area contributed by atoms with Crippen LogP contribution in [0.3, 0.4) is 0 Å². The van der Waals surface area contributed by atoms with Gasteiger partial charge in [0.25, 0.3) is 0 Å². The maximum absolute atomic E-state index is 5.33. The van der Waals surface area contributed by atoms with Gasteiger partial charge >= 0.3 is 0 Å². The lowest BCUT2D eigenvalue weighted by atomic mass is 10.1. The van der Waals surface area contributed by atoms with Gasteiger partial charge in [-0.25, -0.2) is 0 Å². The maximum Gasteiger partial charge on any atom is 0.0597 e. The van der Waals surface area contributed by atoms with E-state index >= 15 is 0 Å². The minimum Gasteiger partial charge on any atom is -0.381 e. The van der Waals surface area contributed by atoms with Crippen LogP contribution in [0.25, 0.3) is 0 Å². The van der Waals surface area contributed by atoms with Crippen molar-refractivity contribution in [2.75, 3.05) is 19.8 Å². The summed E-state index contributed by atoms with van der Waals surface area (Å²) in [7, 11) is 1.99. The van der Waals surface area contributed by atoms with Crippen LogP contribution in [0.5, 0.6) is 0 Å². The lowest BCUT2D eigenvalue weighted by Gasteiger charge is -2.09. The van der Waals surface area contributed by atoms with Gasteiger partial charge in [0.2, 0.25) is 0 Å². The van der Waals surface area contributed by atoms with Crippen molar-refractivity contribution in [3.8, 4) is 0 Å². The van der Waals surface area contributed by atoms with Crippen LogP contribution in [0, 0.1) is 12.8 Å². The lowest BCUT2D eigenvalue weighted by Crippen LogP contribution is -2.23. The fourth-order valence-electron chi connectivity index (χ4n) is 1.98. The molecule has 2 heterocycles. The number of hydrogen-bond donors (Lipinski definition) is 1. The van der Waals surface area contributed by atoms with Crippen molar-refractivity contribution in [1.82, 2.24) is 15.1 Å². The summed E-state index contributed by atoms with van der Waals surface area (Å²) >= 11 is 0. The number of nitrogens with zero attached hydrogens (tertiary/aromatic N) is 2. The van der Waals surface area contributed by atoms with Crippen molar-refractivity contribution in [3.63, 3.8) is 0 Å². The molecule has 4 nitrogen and oxygen atoms in total. The fraction of sp³-hybridized carbons (Fsp3) is 0.727. The monoisotopic (exact) mass is 209 g/mol. The van der Waals surface area contributed by atoms with Gasteiger partial charge in [-0.1, -0.05) is 0 Å². The average molecular weight is 209 g/mol. The molecule has 1 fully saturated rings. The first-order chi connectivity index (χ1) is 7.25. The molecule has 0 radical (unpaired) electrons. The van der Waals surface area contributed by atoms with Crippen molar-refractivity contribution >= 4 is 0 Å². The molecule has 84 valence electrons. The molecular formula is C11H19N3O. The number of nitrogens with one attached hydrogen (secondary N) is 1. The van der Waals surface area contributed by atoms with Crippen LogP contribution < -0.4 is 5.32 Å². The molecule has 0 saturated carbocycles. The first-order valence-corrected chi connectivity index (χ1v) is 5.53. The van der Waals surface area contributed by atoms with E-state index in [1.54, 1.807) is 0 Å². The number of aryl methyl sites for hydroxylation is 2. The van der Waals surface area contributed by atoms with Crippen molar-refractivity contribution in [1.29, 1.82) is 0 Å². The van der Waals surface area contributed by atoms with Gasteiger partial charge in [0, 0.05) is 26.7 Å². The third kappa shape index (κ3) is 2.79. The lowest BCUT2D eigenvalue weighted by molar-refractivity contribution is 0.185. The van der Waals surface area contributed by atoms with Crippen molar-refractivity contribution in [2.45, 2.75) is 19.9 Å². The minimum absolute atomic E-state index is 0.694. The largest absolute Gasteiger partial charge is 0.381 e. The Morgan fingerprint density at radius 1 is 1.67 bits per heavy atom. The second kappa shape index (κ2) is 4.77. The summed E-state index contributed by atoms with van der Waals surface area (Å²) < 4.78 is 7.27. The zero-order chi connectivity index (χ0) is 10.7. The second-order valence-electron chi connectivity index (χ2n) is 4.26. The molecule has 1 N–H and O–H groups in total. The molecule has 4 heteroatoms. The molecule has 0 spiro atoms. The van der Waals surface area contributed by atoms with Crippen LogP contribution in [-0.4, -0.2) is 29.5 Å². The van der Waals surface area contributed by atoms with E-state index < -0.39 is 0 Å². The summed E-state index contributed by atoms with van der Waals surface area (Å²) in [6.07, 6.45) is 1.19. The van der Waals surface area contributed by atoms with Crippen molar-refractivity contribution in [2.24, 2.45) is 13.0 Å². The Balaban J connectivity index is 1.75. The standard InChI is InChI=1S/C11H19N3O/c1-9-5-11(14(2)13-9)7-12-6-10-3-4-15-8-10/h5,10,12H,3-4,6-8H2,1-2H3. The molecule has 1 atom stereocenters. The Bertz CT molecular complexity index is 316. The minimum atomic E-state index is 0.694. The van der Waals surface area contributed by atoms with E-state index in [0.29, 0.717) is 5.92 Å². The van der Waals surface area contributed by atoms with E-state index in [2.05, 4.69) is 16.5 Å². The third-order valence-corrected chi connectivity index (χ3v) is 2.86.